The molecule has 3 N–H and O–H groups in total. The van der Waals surface area contributed by atoms with Crippen LogP contribution in [0.25, 0.3) is 11.0 Å². The van der Waals surface area contributed by atoms with Gasteiger partial charge < -0.3 is 15.5 Å². The van der Waals surface area contributed by atoms with Crippen LogP contribution in [0.4, 0.5) is 0 Å². The summed E-state index contributed by atoms with van der Waals surface area (Å²) in [4.78, 5) is 0. The number of rotatable bonds is 5. The number of furan rings is 1. The maximum Gasteiger partial charge on any atom is 0.134 e. The maximum atomic E-state index is 5.65. The van der Waals surface area contributed by atoms with Gasteiger partial charge in [0.2, 0.25) is 0 Å². The zero-order chi connectivity index (χ0) is 13.8. The lowest BCUT2D eigenvalue weighted by Gasteiger charge is -2.05. The van der Waals surface area contributed by atoms with Crippen LogP contribution in [0.15, 0.2) is 59.2 Å². The average Bonchev–Trinajstić information content (AvgIpc) is 2.91. The first-order valence-corrected chi connectivity index (χ1v) is 6.80. The highest BCUT2D eigenvalue weighted by Gasteiger charge is 2.04. The van der Waals surface area contributed by atoms with Crippen molar-refractivity contribution in [1.82, 2.24) is 5.32 Å². The SMILES string of the molecule is NCc1cccc(CNCc2coc3ccccc23)c1. The van der Waals surface area contributed by atoms with Crippen molar-refractivity contribution in [1.29, 1.82) is 0 Å². The Morgan fingerprint density at radius 2 is 1.80 bits per heavy atom. The van der Waals surface area contributed by atoms with Crippen LogP contribution in [0.5, 0.6) is 0 Å². The van der Waals surface area contributed by atoms with Gasteiger partial charge in [0.1, 0.15) is 5.58 Å². The monoisotopic (exact) mass is 266 g/mol. The highest BCUT2D eigenvalue weighted by molar-refractivity contribution is 5.80. The van der Waals surface area contributed by atoms with Gasteiger partial charge in [-0.1, -0.05) is 42.5 Å². The maximum absolute atomic E-state index is 5.65. The second-order valence-corrected chi connectivity index (χ2v) is 4.88. The van der Waals surface area contributed by atoms with E-state index in [9.17, 15) is 0 Å². The van der Waals surface area contributed by atoms with Crippen molar-refractivity contribution in [2.75, 3.05) is 0 Å². The van der Waals surface area contributed by atoms with Gasteiger partial charge in [0.25, 0.3) is 0 Å². The van der Waals surface area contributed by atoms with Crippen LogP contribution in [0, 0.1) is 0 Å². The number of hydrogen-bond acceptors (Lipinski definition) is 3. The molecule has 0 aliphatic carbocycles. The molecular weight excluding hydrogens is 248 g/mol. The number of hydrogen-bond donors (Lipinski definition) is 2. The molecule has 3 nitrogen and oxygen atoms in total. The Morgan fingerprint density at radius 1 is 0.950 bits per heavy atom. The van der Waals surface area contributed by atoms with Crippen LogP contribution in [-0.4, -0.2) is 0 Å². The highest BCUT2D eigenvalue weighted by atomic mass is 16.3. The molecule has 0 spiro atoms. The predicted octanol–water partition coefficient (Wildman–Crippen LogP) is 3.18. The minimum atomic E-state index is 0.584. The Bertz CT molecular complexity index is 703. The van der Waals surface area contributed by atoms with E-state index in [2.05, 4.69) is 23.5 Å². The van der Waals surface area contributed by atoms with E-state index in [0.29, 0.717) is 6.54 Å². The average molecular weight is 266 g/mol. The van der Waals surface area contributed by atoms with E-state index < -0.39 is 0 Å². The molecule has 0 fully saturated rings. The topological polar surface area (TPSA) is 51.2 Å². The quantitative estimate of drug-likeness (QED) is 0.745. The Balaban J connectivity index is 1.65. The first-order valence-electron chi connectivity index (χ1n) is 6.80. The second kappa shape index (κ2) is 5.90. The van der Waals surface area contributed by atoms with E-state index in [1.807, 2.05) is 36.6 Å². The van der Waals surface area contributed by atoms with Gasteiger partial charge >= 0.3 is 0 Å². The number of fused-ring (bicyclic) bond motifs is 1. The minimum absolute atomic E-state index is 0.584. The van der Waals surface area contributed by atoms with Gasteiger partial charge in [-0.25, -0.2) is 0 Å². The van der Waals surface area contributed by atoms with Crippen LogP contribution in [0.3, 0.4) is 0 Å². The lowest BCUT2D eigenvalue weighted by molar-refractivity contribution is 0.602. The van der Waals surface area contributed by atoms with Gasteiger partial charge in [0, 0.05) is 30.6 Å². The van der Waals surface area contributed by atoms with Gasteiger partial charge in [-0.3, -0.25) is 0 Å². The molecule has 1 heterocycles. The summed E-state index contributed by atoms with van der Waals surface area (Å²) in [6.45, 7) is 2.21. The normalized spacial score (nSPS) is 11.1. The molecule has 102 valence electrons. The fourth-order valence-electron chi connectivity index (χ4n) is 2.38. The summed E-state index contributed by atoms with van der Waals surface area (Å²) < 4.78 is 5.53. The summed E-state index contributed by atoms with van der Waals surface area (Å²) in [5.74, 6) is 0. The zero-order valence-electron chi connectivity index (χ0n) is 11.3. The van der Waals surface area contributed by atoms with Crippen LogP contribution in [0.1, 0.15) is 16.7 Å². The lowest BCUT2D eigenvalue weighted by Crippen LogP contribution is -2.12. The van der Waals surface area contributed by atoms with E-state index in [4.69, 9.17) is 10.2 Å². The molecule has 0 saturated carbocycles. The minimum Gasteiger partial charge on any atom is -0.464 e. The van der Waals surface area contributed by atoms with Crippen molar-refractivity contribution in [2.24, 2.45) is 5.73 Å². The molecule has 3 heteroatoms. The Kier molecular flexibility index (Phi) is 3.81. The van der Waals surface area contributed by atoms with Crippen LogP contribution in [-0.2, 0) is 19.6 Å². The Labute approximate surface area is 118 Å². The number of nitrogens with one attached hydrogen (secondary N) is 1. The molecular formula is C17H18N2O. The zero-order valence-corrected chi connectivity index (χ0v) is 11.3. The largest absolute Gasteiger partial charge is 0.464 e. The van der Waals surface area contributed by atoms with Crippen LogP contribution >= 0.6 is 0 Å². The fourth-order valence-corrected chi connectivity index (χ4v) is 2.38. The predicted molar refractivity (Wildman–Crippen MR) is 81.1 cm³/mol. The first kappa shape index (κ1) is 12.9. The van der Waals surface area contributed by atoms with Crippen molar-refractivity contribution in [3.05, 3.63) is 71.5 Å². The van der Waals surface area contributed by atoms with Gasteiger partial charge in [-0.05, 0) is 17.2 Å². The van der Waals surface area contributed by atoms with E-state index >= 15 is 0 Å². The smallest absolute Gasteiger partial charge is 0.134 e. The van der Waals surface area contributed by atoms with Crippen LogP contribution < -0.4 is 11.1 Å². The van der Waals surface area contributed by atoms with E-state index in [1.54, 1.807) is 0 Å². The van der Waals surface area contributed by atoms with E-state index in [1.165, 1.54) is 16.5 Å². The lowest BCUT2D eigenvalue weighted by atomic mass is 10.1. The third kappa shape index (κ3) is 2.74. The summed E-state index contributed by atoms with van der Waals surface area (Å²) in [5.41, 5.74) is 10.2. The Morgan fingerprint density at radius 3 is 2.70 bits per heavy atom. The Hall–Kier alpha value is -2.10. The van der Waals surface area contributed by atoms with Crippen molar-refractivity contribution >= 4 is 11.0 Å². The molecule has 0 unspecified atom stereocenters. The molecule has 0 radical (unpaired) electrons. The summed E-state index contributed by atoms with van der Waals surface area (Å²) in [6.07, 6.45) is 1.83. The number of para-hydroxylation sites is 1. The first-order chi connectivity index (χ1) is 9.86. The molecule has 3 rings (SSSR count). The fraction of sp³-hybridized carbons (Fsp3) is 0.176. The summed E-state index contributed by atoms with van der Waals surface area (Å²) >= 11 is 0. The van der Waals surface area contributed by atoms with E-state index in [0.717, 1.165) is 24.2 Å². The molecule has 0 amide bonds. The summed E-state index contributed by atoms with van der Waals surface area (Å²) in [7, 11) is 0. The van der Waals surface area contributed by atoms with Crippen molar-refractivity contribution < 1.29 is 4.42 Å². The second-order valence-electron chi connectivity index (χ2n) is 4.88. The third-order valence-electron chi connectivity index (χ3n) is 3.43. The van der Waals surface area contributed by atoms with Gasteiger partial charge in [0.05, 0.1) is 6.26 Å². The molecule has 2 aromatic carbocycles. The molecule has 20 heavy (non-hydrogen) atoms. The van der Waals surface area contributed by atoms with Crippen LogP contribution in [0.2, 0.25) is 0 Å². The molecule has 0 aliphatic rings. The van der Waals surface area contributed by atoms with E-state index in [-0.39, 0.29) is 0 Å². The molecule has 1 aromatic heterocycles. The summed E-state index contributed by atoms with van der Waals surface area (Å²) in [5, 5.41) is 4.62. The van der Waals surface area contributed by atoms with Crippen molar-refractivity contribution in [3.8, 4) is 0 Å². The molecule has 0 aliphatic heterocycles. The number of nitrogens with two attached hydrogens (primary N) is 1. The summed E-state index contributed by atoms with van der Waals surface area (Å²) in [6, 6.07) is 16.4. The van der Waals surface area contributed by atoms with Crippen molar-refractivity contribution in [3.63, 3.8) is 0 Å². The van der Waals surface area contributed by atoms with Gasteiger partial charge in [-0.2, -0.15) is 0 Å². The van der Waals surface area contributed by atoms with Gasteiger partial charge in [-0.15, -0.1) is 0 Å². The molecule has 0 saturated heterocycles. The molecule has 0 bridgehead atoms. The molecule has 0 atom stereocenters. The van der Waals surface area contributed by atoms with Crippen molar-refractivity contribution in [2.45, 2.75) is 19.6 Å². The number of benzene rings is 2. The molecule has 3 aromatic rings. The standard InChI is InChI=1S/C17H18N2O/c18-9-13-4-3-5-14(8-13)10-19-11-15-12-20-17-7-2-1-6-16(15)17/h1-8,12,19H,9-11,18H2. The highest BCUT2D eigenvalue weighted by Crippen LogP contribution is 2.20. The third-order valence-corrected chi connectivity index (χ3v) is 3.43. The van der Waals surface area contributed by atoms with Gasteiger partial charge in [0.15, 0.2) is 0 Å².